The van der Waals surface area contributed by atoms with Crippen molar-refractivity contribution in [1.29, 1.82) is 0 Å². The van der Waals surface area contributed by atoms with Gasteiger partial charge in [0, 0.05) is 49.4 Å². The highest BCUT2D eigenvalue weighted by Gasteiger charge is 2.23. The Bertz CT molecular complexity index is 842. The maximum Gasteiger partial charge on any atom is 0.228 e. The van der Waals surface area contributed by atoms with Crippen molar-refractivity contribution in [3.8, 4) is 0 Å². The van der Waals surface area contributed by atoms with E-state index in [0.717, 1.165) is 60.5 Å². The summed E-state index contributed by atoms with van der Waals surface area (Å²) in [4.78, 5) is 30.6. The van der Waals surface area contributed by atoms with Crippen LogP contribution in [0.2, 0.25) is 0 Å². The molecule has 162 valence electrons. The van der Waals surface area contributed by atoms with Crippen molar-refractivity contribution in [3.63, 3.8) is 0 Å². The highest BCUT2D eigenvalue weighted by molar-refractivity contribution is 7.10. The lowest BCUT2D eigenvalue weighted by molar-refractivity contribution is -0.131. The summed E-state index contributed by atoms with van der Waals surface area (Å²) in [5.74, 6) is 0.394. The van der Waals surface area contributed by atoms with Crippen molar-refractivity contribution >= 4 is 34.5 Å². The molecule has 3 rings (SSSR count). The van der Waals surface area contributed by atoms with E-state index < -0.39 is 0 Å². The summed E-state index contributed by atoms with van der Waals surface area (Å²) in [6.07, 6.45) is 5.59. The van der Waals surface area contributed by atoms with Crippen LogP contribution in [0.1, 0.15) is 49.5 Å². The van der Waals surface area contributed by atoms with Crippen molar-refractivity contribution in [1.82, 2.24) is 4.90 Å². The number of nitrogens with zero attached hydrogens (tertiary/aromatic N) is 2. The molecule has 0 atom stereocenters. The molecule has 5 nitrogen and oxygen atoms in total. The van der Waals surface area contributed by atoms with Gasteiger partial charge in [-0.2, -0.15) is 0 Å². The molecule has 30 heavy (non-hydrogen) atoms. The minimum atomic E-state index is 0.121. The van der Waals surface area contributed by atoms with E-state index in [4.69, 9.17) is 0 Å². The predicted molar refractivity (Wildman–Crippen MR) is 125 cm³/mol. The highest BCUT2D eigenvalue weighted by atomic mass is 32.1. The number of anilines is 2. The molecule has 1 aromatic heterocycles. The Labute approximate surface area is 184 Å². The van der Waals surface area contributed by atoms with Crippen LogP contribution in [-0.4, -0.2) is 37.4 Å². The molecule has 0 unspecified atom stereocenters. The van der Waals surface area contributed by atoms with Gasteiger partial charge in [0.15, 0.2) is 0 Å². The monoisotopic (exact) mass is 427 g/mol. The van der Waals surface area contributed by atoms with E-state index in [1.54, 1.807) is 11.3 Å². The summed E-state index contributed by atoms with van der Waals surface area (Å²) < 4.78 is 0. The van der Waals surface area contributed by atoms with E-state index >= 15 is 0 Å². The number of rotatable bonds is 9. The standard InChI is InChI=1S/C24H33N3O2S/c1-4-13-27(23(28)16-21-10-7-14-30-21)17-19-15-20(11-12-22(19)26(2)3)25-24(29)18-8-5-6-9-18/h7,10-12,14-15,18H,4-6,8-9,13,16-17H2,1-3H3,(H,25,29). The number of carbonyl (C=O) groups excluding carboxylic acids is 2. The first kappa shape index (κ1) is 22.3. The van der Waals surface area contributed by atoms with Crippen LogP contribution in [0.5, 0.6) is 0 Å². The third-order valence-corrected chi connectivity index (χ3v) is 6.54. The molecule has 1 aliphatic rings. The van der Waals surface area contributed by atoms with E-state index in [1.807, 2.05) is 54.7 Å². The van der Waals surface area contributed by atoms with Crippen molar-refractivity contribution < 1.29 is 9.59 Å². The quantitative estimate of drug-likeness (QED) is 0.618. The van der Waals surface area contributed by atoms with Crippen LogP contribution in [0.15, 0.2) is 35.7 Å². The van der Waals surface area contributed by atoms with Gasteiger partial charge in [0.05, 0.1) is 6.42 Å². The van der Waals surface area contributed by atoms with Gasteiger partial charge in [0.1, 0.15) is 0 Å². The van der Waals surface area contributed by atoms with Crippen LogP contribution in [0.25, 0.3) is 0 Å². The van der Waals surface area contributed by atoms with Gasteiger partial charge in [0.25, 0.3) is 0 Å². The molecule has 6 heteroatoms. The third kappa shape index (κ3) is 5.85. The Morgan fingerprint density at radius 2 is 1.93 bits per heavy atom. The predicted octanol–water partition coefficient (Wildman–Crippen LogP) is 4.92. The van der Waals surface area contributed by atoms with Gasteiger partial charge < -0.3 is 15.1 Å². The van der Waals surface area contributed by atoms with Gasteiger partial charge in [-0.05, 0) is 54.5 Å². The summed E-state index contributed by atoms with van der Waals surface area (Å²) in [6.45, 7) is 3.35. The Hall–Kier alpha value is -2.34. The van der Waals surface area contributed by atoms with Gasteiger partial charge in [-0.1, -0.05) is 25.8 Å². The Balaban J connectivity index is 1.77. The molecule has 0 aliphatic heterocycles. The lowest BCUT2D eigenvalue weighted by Gasteiger charge is -2.26. The summed E-state index contributed by atoms with van der Waals surface area (Å²) in [5, 5.41) is 5.11. The van der Waals surface area contributed by atoms with Crippen LogP contribution in [0.3, 0.4) is 0 Å². The average molecular weight is 428 g/mol. The summed E-state index contributed by atoms with van der Waals surface area (Å²) in [5.41, 5.74) is 2.94. The number of hydrogen-bond acceptors (Lipinski definition) is 4. The second-order valence-corrected chi connectivity index (χ2v) is 9.31. The van der Waals surface area contributed by atoms with Crippen molar-refractivity contribution in [2.24, 2.45) is 5.92 Å². The van der Waals surface area contributed by atoms with E-state index in [2.05, 4.69) is 17.1 Å². The molecule has 0 radical (unpaired) electrons. The van der Waals surface area contributed by atoms with Crippen LogP contribution >= 0.6 is 11.3 Å². The zero-order chi connectivity index (χ0) is 21.5. The summed E-state index contributed by atoms with van der Waals surface area (Å²) >= 11 is 1.62. The topological polar surface area (TPSA) is 52.7 Å². The number of amides is 2. The minimum Gasteiger partial charge on any atom is -0.377 e. The number of thiophene rings is 1. The largest absolute Gasteiger partial charge is 0.377 e. The van der Waals surface area contributed by atoms with Gasteiger partial charge in [-0.15, -0.1) is 11.3 Å². The van der Waals surface area contributed by atoms with E-state index in [9.17, 15) is 9.59 Å². The van der Waals surface area contributed by atoms with E-state index in [0.29, 0.717) is 13.0 Å². The van der Waals surface area contributed by atoms with Gasteiger partial charge in [-0.3, -0.25) is 9.59 Å². The maximum atomic E-state index is 13.0. The van der Waals surface area contributed by atoms with Gasteiger partial charge in [0.2, 0.25) is 11.8 Å². The van der Waals surface area contributed by atoms with Crippen LogP contribution in [-0.2, 0) is 22.6 Å². The Morgan fingerprint density at radius 3 is 2.57 bits per heavy atom. The fourth-order valence-electron chi connectivity index (χ4n) is 4.10. The second-order valence-electron chi connectivity index (χ2n) is 8.28. The first-order valence-electron chi connectivity index (χ1n) is 10.9. The number of nitrogens with one attached hydrogen (secondary N) is 1. The molecular weight excluding hydrogens is 394 g/mol. The Morgan fingerprint density at radius 1 is 1.17 bits per heavy atom. The SMILES string of the molecule is CCCN(Cc1cc(NC(=O)C2CCCC2)ccc1N(C)C)C(=O)Cc1cccs1. The molecule has 1 aromatic carbocycles. The van der Waals surface area contributed by atoms with Crippen LogP contribution in [0.4, 0.5) is 11.4 Å². The molecule has 2 aromatic rings. The molecule has 1 saturated carbocycles. The molecule has 1 fully saturated rings. The van der Waals surface area contributed by atoms with E-state index in [-0.39, 0.29) is 17.7 Å². The van der Waals surface area contributed by atoms with Crippen LogP contribution < -0.4 is 10.2 Å². The minimum absolute atomic E-state index is 0.121. The number of carbonyl (C=O) groups is 2. The molecule has 1 aliphatic carbocycles. The van der Waals surface area contributed by atoms with Crippen molar-refractivity contribution in [3.05, 3.63) is 46.2 Å². The molecule has 2 amide bonds. The number of benzene rings is 1. The van der Waals surface area contributed by atoms with Crippen molar-refractivity contribution in [2.45, 2.75) is 52.0 Å². The number of hydrogen-bond donors (Lipinski definition) is 1. The fraction of sp³-hybridized carbons (Fsp3) is 0.500. The van der Waals surface area contributed by atoms with Crippen LogP contribution in [0, 0.1) is 5.92 Å². The average Bonchev–Trinajstić information content (AvgIpc) is 3.42. The summed E-state index contributed by atoms with van der Waals surface area (Å²) in [7, 11) is 4.01. The summed E-state index contributed by atoms with van der Waals surface area (Å²) in [6, 6.07) is 10.0. The highest BCUT2D eigenvalue weighted by Crippen LogP contribution is 2.28. The third-order valence-electron chi connectivity index (χ3n) is 5.67. The maximum absolute atomic E-state index is 13.0. The molecule has 0 saturated heterocycles. The molecule has 1 N–H and O–H groups in total. The molecule has 1 heterocycles. The normalized spacial score (nSPS) is 14.0. The first-order chi connectivity index (χ1) is 14.5. The first-order valence-corrected chi connectivity index (χ1v) is 11.8. The zero-order valence-electron chi connectivity index (χ0n) is 18.3. The van der Waals surface area contributed by atoms with E-state index in [1.165, 1.54) is 0 Å². The molecule has 0 bridgehead atoms. The fourth-order valence-corrected chi connectivity index (χ4v) is 4.80. The lowest BCUT2D eigenvalue weighted by atomic mass is 10.1. The van der Waals surface area contributed by atoms with Crippen molar-refractivity contribution in [2.75, 3.05) is 30.9 Å². The van der Waals surface area contributed by atoms with Gasteiger partial charge in [-0.25, -0.2) is 0 Å². The molecule has 0 spiro atoms. The van der Waals surface area contributed by atoms with Gasteiger partial charge >= 0.3 is 0 Å². The Kier molecular flexibility index (Phi) is 7.91. The lowest BCUT2D eigenvalue weighted by Crippen LogP contribution is -2.33. The molecular formula is C24H33N3O2S. The zero-order valence-corrected chi connectivity index (χ0v) is 19.1. The second kappa shape index (κ2) is 10.6. The smallest absolute Gasteiger partial charge is 0.228 e.